The van der Waals surface area contributed by atoms with Crippen molar-refractivity contribution in [1.29, 1.82) is 0 Å². The lowest BCUT2D eigenvalue weighted by Crippen LogP contribution is -2.18. The first kappa shape index (κ1) is 24.5. The van der Waals surface area contributed by atoms with Gasteiger partial charge in [0.05, 0.1) is 28.4 Å². The number of benzene rings is 3. The van der Waals surface area contributed by atoms with Crippen LogP contribution >= 0.6 is 0 Å². The second-order valence-electron chi connectivity index (χ2n) is 7.13. The molecule has 3 aromatic rings. The van der Waals surface area contributed by atoms with Crippen molar-refractivity contribution in [2.24, 2.45) is 0 Å². The minimum atomic E-state index is -0.569. The molecule has 0 atom stereocenters. The van der Waals surface area contributed by atoms with E-state index in [1.54, 1.807) is 58.2 Å². The van der Waals surface area contributed by atoms with Gasteiger partial charge in [-0.25, -0.2) is 5.48 Å². The SMILES string of the molecule is COc1ccc(/C=C\c2cc(OC)c(OC)c(OC)c2)cc1OCc1ccc(C(=O)NO)cc1. The number of rotatable bonds is 10. The summed E-state index contributed by atoms with van der Waals surface area (Å²) in [6.45, 7) is 0.275. The number of methoxy groups -OCH3 is 4. The van der Waals surface area contributed by atoms with E-state index in [4.69, 9.17) is 28.9 Å². The molecule has 0 aliphatic rings. The van der Waals surface area contributed by atoms with Gasteiger partial charge in [-0.1, -0.05) is 30.4 Å². The van der Waals surface area contributed by atoms with E-state index < -0.39 is 5.91 Å². The van der Waals surface area contributed by atoms with Crippen LogP contribution in [0.5, 0.6) is 28.7 Å². The van der Waals surface area contributed by atoms with E-state index >= 15 is 0 Å². The summed E-state index contributed by atoms with van der Waals surface area (Å²) in [4.78, 5) is 11.5. The molecule has 0 saturated heterocycles. The van der Waals surface area contributed by atoms with Crippen LogP contribution in [0, 0.1) is 0 Å². The zero-order chi connectivity index (χ0) is 24.5. The number of hydroxylamine groups is 1. The van der Waals surface area contributed by atoms with E-state index in [0.717, 1.165) is 16.7 Å². The Morgan fingerprint density at radius 1 is 0.765 bits per heavy atom. The minimum absolute atomic E-state index is 0.275. The molecule has 3 rings (SSSR count). The summed E-state index contributed by atoms with van der Waals surface area (Å²) in [6, 6.07) is 16.1. The Labute approximate surface area is 198 Å². The Morgan fingerprint density at radius 2 is 1.35 bits per heavy atom. The van der Waals surface area contributed by atoms with Crippen molar-refractivity contribution in [3.8, 4) is 28.7 Å². The van der Waals surface area contributed by atoms with Crippen LogP contribution in [0.4, 0.5) is 0 Å². The summed E-state index contributed by atoms with van der Waals surface area (Å²) >= 11 is 0. The lowest BCUT2D eigenvalue weighted by molar-refractivity contribution is 0.0706. The Balaban J connectivity index is 1.79. The molecule has 0 bridgehead atoms. The van der Waals surface area contributed by atoms with Crippen molar-refractivity contribution in [3.63, 3.8) is 0 Å². The molecule has 0 spiro atoms. The quantitative estimate of drug-likeness (QED) is 0.257. The van der Waals surface area contributed by atoms with Crippen LogP contribution < -0.4 is 29.2 Å². The minimum Gasteiger partial charge on any atom is -0.493 e. The molecule has 1 amide bonds. The molecule has 0 saturated carbocycles. The van der Waals surface area contributed by atoms with Gasteiger partial charge in [-0.05, 0) is 53.1 Å². The number of ether oxygens (including phenoxy) is 5. The lowest BCUT2D eigenvalue weighted by Gasteiger charge is -2.13. The van der Waals surface area contributed by atoms with Crippen LogP contribution in [0.2, 0.25) is 0 Å². The van der Waals surface area contributed by atoms with E-state index in [2.05, 4.69) is 0 Å². The molecule has 178 valence electrons. The molecule has 0 unspecified atom stereocenters. The fourth-order valence-electron chi connectivity index (χ4n) is 3.28. The predicted molar refractivity (Wildman–Crippen MR) is 128 cm³/mol. The van der Waals surface area contributed by atoms with Crippen molar-refractivity contribution in [2.75, 3.05) is 28.4 Å². The molecule has 8 heteroatoms. The van der Waals surface area contributed by atoms with Crippen LogP contribution in [0.3, 0.4) is 0 Å². The van der Waals surface area contributed by atoms with Gasteiger partial charge in [0.25, 0.3) is 5.91 Å². The van der Waals surface area contributed by atoms with Crippen molar-refractivity contribution in [2.45, 2.75) is 6.61 Å². The second-order valence-corrected chi connectivity index (χ2v) is 7.13. The molecule has 2 N–H and O–H groups in total. The zero-order valence-electron chi connectivity index (χ0n) is 19.5. The van der Waals surface area contributed by atoms with Crippen molar-refractivity contribution in [3.05, 3.63) is 76.9 Å². The number of carbonyl (C=O) groups excluding carboxylic acids is 1. The molecular formula is C26H27NO7. The molecule has 0 heterocycles. The summed E-state index contributed by atoms with van der Waals surface area (Å²) in [5.41, 5.74) is 4.59. The molecule has 3 aromatic carbocycles. The summed E-state index contributed by atoms with van der Waals surface area (Å²) in [5.74, 6) is 2.28. The first-order valence-corrected chi connectivity index (χ1v) is 10.3. The molecule has 0 aliphatic heterocycles. The molecule has 0 radical (unpaired) electrons. The topological polar surface area (TPSA) is 95.5 Å². The number of hydrogen-bond donors (Lipinski definition) is 2. The maximum absolute atomic E-state index is 11.5. The third kappa shape index (κ3) is 5.79. The largest absolute Gasteiger partial charge is 0.493 e. The van der Waals surface area contributed by atoms with Crippen molar-refractivity contribution >= 4 is 18.1 Å². The van der Waals surface area contributed by atoms with Crippen LogP contribution in [0.1, 0.15) is 27.0 Å². The van der Waals surface area contributed by atoms with Gasteiger partial charge in [-0.2, -0.15) is 0 Å². The van der Waals surface area contributed by atoms with E-state index in [9.17, 15) is 4.79 Å². The summed E-state index contributed by atoms with van der Waals surface area (Å²) < 4.78 is 27.6. The third-order valence-electron chi connectivity index (χ3n) is 5.05. The lowest BCUT2D eigenvalue weighted by atomic mass is 10.1. The smallest absolute Gasteiger partial charge is 0.274 e. The van der Waals surface area contributed by atoms with Gasteiger partial charge in [0, 0.05) is 5.56 Å². The van der Waals surface area contributed by atoms with Gasteiger partial charge in [0.2, 0.25) is 5.75 Å². The average molecular weight is 466 g/mol. The van der Waals surface area contributed by atoms with E-state index in [0.29, 0.717) is 34.3 Å². The average Bonchev–Trinajstić information content (AvgIpc) is 2.89. The molecule has 0 aromatic heterocycles. The monoisotopic (exact) mass is 465 g/mol. The highest BCUT2D eigenvalue weighted by Crippen LogP contribution is 2.38. The van der Waals surface area contributed by atoms with E-state index in [1.165, 1.54) is 0 Å². The predicted octanol–water partition coefficient (Wildman–Crippen LogP) is 4.59. The van der Waals surface area contributed by atoms with Crippen molar-refractivity contribution in [1.82, 2.24) is 5.48 Å². The van der Waals surface area contributed by atoms with Gasteiger partial charge in [0.1, 0.15) is 6.61 Å². The first-order chi connectivity index (χ1) is 16.5. The standard InChI is InChI=1S/C26H27NO7/c1-30-21-12-9-17(5-6-19-14-23(31-2)25(33-4)24(15-19)32-3)13-22(21)34-16-18-7-10-20(11-8-18)26(28)27-29/h5-15,29H,16H2,1-4H3,(H,27,28)/b6-5-. The number of carbonyl (C=O) groups is 1. The fraction of sp³-hybridized carbons (Fsp3) is 0.192. The maximum atomic E-state index is 11.5. The fourth-order valence-corrected chi connectivity index (χ4v) is 3.28. The molecule has 0 fully saturated rings. The highest BCUT2D eigenvalue weighted by Gasteiger charge is 2.12. The van der Waals surface area contributed by atoms with Crippen LogP contribution in [-0.2, 0) is 6.61 Å². The molecular weight excluding hydrogens is 438 g/mol. The Kier molecular flexibility index (Phi) is 8.37. The van der Waals surface area contributed by atoms with Gasteiger partial charge in [0.15, 0.2) is 23.0 Å². The Morgan fingerprint density at radius 3 is 1.91 bits per heavy atom. The molecule has 0 aliphatic carbocycles. The number of hydrogen-bond acceptors (Lipinski definition) is 7. The van der Waals surface area contributed by atoms with Gasteiger partial charge in [-0.15, -0.1) is 0 Å². The summed E-state index contributed by atoms with van der Waals surface area (Å²) in [7, 11) is 6.30. The maximum Gasteiger partial charge on any atom is 0.274 e. The number of amides is 1. The zero-order valence-corrected chi connectivity index (χ0v) is 19.5. The second kappa shape index (κ2) is 11.6. The van der Waals surface area contributed by atoms with Crippen LogP contribution in [-0.4, -0.2) is 39.6 Å². The highest BCUT2D eigenvalue weighted by molar-refractivity contribution is 5.93. The van der Waals surface area contributed by atoms with Gasteiger partial charge in [-0.3, -0.25) is 10.0 Å². The first-order valence-electron chi connectivity index (χ1n) is 10.3. The van der Waals surface area contributed by atoms with E-state index in [1.807, 2.05) is 42.5 Å². The highest BCUT2D eigenvalue weighted by atomic mass is 16.5. The van der Waals surface area contributed by atoms with E-state index in [-0.39, 0.29) is 6.61 Å². The van der Waals surface area contributed by atoms with Crippen molar-refractivity contribution < 1.29 is 33.7 Å². The van der Waals surface area contributed by atoms with Crippen LogP contribution in [0.15, 0.2) is 54.6 Å². The Hall–Kier alpha value is -4.17. The van der Waals surface area contributed by atoms with Gasteiger partial charge < -0.3 is 23.7 Å². The summed E-state index contributed by atoms with van der Waals surface area (Å²) in [5, 5.41) is 8.72. The molecule has 8 nitrogen and oxygen atoms in total. The van der Waals surface area contributed by atoms with Crippen LogP contribution in [0.25, 0.3) is 12.2 Å². The normalized spacial score (nSPS) is 10.6. The number of nitrogens with one attached hydrogen (secondary N) is 1. The third-order valence-corrected chi connectivity index (χ3v) is 5.05. The molecule has 34 heavy (non-hydrogen) atoms. The van der Waals surface area contributed by atoms with Gasteiger partial charge >= 0.3 is 0 Å². The Bertz CT molecular complexity index is 1130. The summed E-state index contributed by atoms with van der Waals surface area (Å²) in [6.07, 6.45) is 3.87.